The largest absolute Gasteiger partial charge is 0.399 e. The minimum atomic E-state index is 0.423. The molecule has 0 aromatic heterocycles. The standard InChI is InChI=1S/C16H22N2/c1-13-6-10-18(11-7-13)12-16(8-9-16)14-2-4-15(17)5-3-14/h2-6H,7-12,17H2,1H3. The van der Waals surface area contributed by atoms with Crippen LogP contribution in [0.3, 0.4) is 0 Å². The molecule has 18 heavy (non-hydrogen) atoms. The zero-order valence-electron chi connectivity index (χ0n) is 11.2. The third-order valence-electron chi connectivity index (χ3n) is 4.42. The highest BCUT2D eigenvalue weighted by Crippen LogP contribution is 2.49. The first-order valence-electron chi connectivity index (χ1n) is 6.92. The molecule has 0 saturated heterocycles. The van der Waals surface area contributed by atoms with E-state index in [1.807, 2.05) is 12.1 Å². The third kappa shape index (κ3) is 2.30. The third-order valence-corrected chi connectivity index (χ3v) is 4.42. The predicted octanol–water partition coefficient (Wildman–Crippen LogP) is 2.95. The van der Waals surface area contributed by atoms with Crippen molar-refractivity contribution in [3.63, 3.8) is 0 Å². The van der Waals surface area contributed by atoms with Gasteiger partial charge in [0.25, 0.3) is 0 Å². The Morgan fingerprint density at radius 2 is 1.94 bits per heavy atom. The maximum atomic E-state index is 5.77. The van der Waals surface area contributed by atoms with Crippen molar-refractivity contribution in [2.75, 3.05) is 25.4 Å². The number of nitrogens with zero attached hydrogens (tertiary/aromatic N) is 1. The highest BCUT2D eigenvalue weighted by Gasteiger charge is 2.45. The fraction of sp³-hybridized carbons (Fsp3) is 0.500. The lowest BCUT2D eigenvalue weighted by Crippen LogP contribution is -2.35. The first kappa shape index (κ1) is 11.8. The van der Waals surface area contributed by atoms with E-state index in [2.05, 4.69) is 30.0 Å². The van der Waals surface area contributed by atoms with Crippen LogP contribution in [0.5, 0.6) is 0 Å². The van der Waals surface area contributed by atoms with Crippen molar-refractivity contribution in [1.82, 2.24) is 4.90 Å². The molecule has 2 nitrogen and oxygen atoms in total. The highest BCUT2D eigenvalue weighted by molar-refractivity contribution is 5.43. The highest BCUT2D eigenvalue weighted by atomic mass is 15.1. The van der Waals surface area contributed by atoms with Gasteiger partial charge in [0.2, 0.25) is 0 Å². The van der Waals surface area contributed by atoms with Gasteiger partial charge in [0, 0.05) is 30.7 Å². The van der Waals surface area contributed by atoms with Crippen LogP contribution in [-0.2, 0) is 5.41 Å². The maximum Gasteiger partial charge on any atom is 0.0314 e. The molecule has 1 fully saturated rings. The van der Waals surface area contributed by atoms with Gasteiger partial charge in [0.05, 0.1) is 0 Å². The molecule has 0 amide bonds. The van der Waals surface area contributed by atoms with Crippen LogP contribution in [0.1, 0.15) is 31.7 Å². The zero-order chi connectivity index (χ0) is 12.6. The lowest BCUT2D eigenvalue weighted by atomic mass is 9.94. The minimum Gasteiger partial charge on any atom is -0.399 e. The summed E-state index contributed by atoms with van der Waals surface area (Å²) in [6.07, 6.45) is 6.27. The van der Waals surface area contributed by atoms with Crippen molar-refractivity contribution >= 4 is 5.69 Å². The molecule has 2 heteroatoms. The van der Waals surface area contributed by atoms with Crippen molar-refractivity contribution in [3.8, 4) is 0 Å². The monoisotopic (exact) mass is 242 g/mol. The molecule has 2 aliphatic rings. The Morgan fingerprint density at radius 3 is 2.50 bits per heavy atom. The molecule has 1 aromatic rings. The molecule has 1 aliphatic carbocycles. The number of hydrogen-bond donors (Lipinski definition) is 1. The predicted molar refractivity (Wildman–Crippen MR) is 76.6 cm³/mol. The molecule has 3 rings (SSSR count). The van der Waals surface area contributed by atoms with Crippen molar-refractivity contribution in [2.45, 2.75) is 31.6 Å². The normalized spacial score (nSPS) is 22.6. The average Bonchev–Trinajstić information content (AvgIpc) is 3.14. The van der Waals surface area contributed by atoms with E-state index < -0.39 is 0 Å². The molecule has 0 unspecified atom stereocenters. The van der Waals surface area contributed by atoms with Gasteiger partial charge in [-0.2, -0.15) is 0 Å². The van der Waals surface area contributed by atoms with E-state index in [0.29, 0.717) is 5.41 Å². The van der Waals surface area contributed by atoms with Gasteiger partial charge in [0.15, 0.2) is 0 Å². The maximum absolute atomic E-state index is 5.77. The van der Waals surface area contributed by atoms with Gasteiger partial charge in [-0.3, -0.25) is 4.90 Å². The summed E-state index contributed by atoms with van der Waals surface area (Å²) in [5.74, 6) is 0. The van der Waals surface area contributed by atoms with Gasteiger partial charge in [0.1, 0.15) is 0 Å². The van der Waals surface area contributed by atoms with E-state index in [0.717, 1.165) is 12.2 Å². The number of nitrogens with two attached hydrogens (primary N) is 1. The molecule has 1 saturated carbocycles. The average molecular weight is 242 g/mol. The molecule has 1 heterocycles. The molecule has 1 aromatic carbocycles. The van der Waals surface area contributed by atoms with Gasteiger partial charge >= 0.3 is 0 Å². The molecule has 1 aliphatic heterocycles. The Bertz CT molecular complexity index is 454. The van der Waals surface area contributed by atoms with E-state index in [4.69, 9.17) is 5.73 Å². The zero-order valence-corrected chi connectivity index (χ0v) is 11.2. The molecular weight excluding hydrogens is 220 g/mol. The van der Waals surface area contributed by atoms with Crippen LogP contribution >= 0.6 is 0 Å². The van der Waals surface area contributed by atoms with Crippen molar-refractivity contribution < 1.29 is 0 Å². The van der Waals surface area contributed by atoms with Gasteiger partial charge in [-0.15, -0.1) is 0 Å². The van der Waals surface area contributed by atoms with Crippen LogP contribution in [0.15, 0.2) is 35.9 Å². The van der Waals surface area contributed by atoms with Crippen molar-refractivity contribution in [2.24, 2.45) is 0 Å². The molecule has 0 radical (unpaired) electrons. The van der Waals surface area contributed by atoms with Crippen molar-refractivity contribution in [1.29, 1.82) is 0 Å². The molecule has 0 spiro atoms. The summed E-state index contributed by atoms with van der Waals surface area (Å²) in [5.41, 5.74) is 10.1. The first-order chi connectivity index (χ1) is 8.68. The summed E-state index contributed by atoms with van der Waals surface area (Å²) >= 11 is 0. The second kappa shape index (κ2) is 4.43. The van der Waals surface area contributed by atoms with E-state index in [-0.39, 0.29) is 0 Å². The van der Waals surface area contributed by atoms with E-state index in [1.165, 1.54) is 37.9 Å². The quantitative estimate of drug-likeness (QED) is 0.652. The van der Waals surface area contributed by atoms with Gasteiger partial charge in [-0.05, 0) is 43.9 Å². The number of rotatable bonds is 3. The summed E-state index contributed by atoms with van der Waals surface area (Å²) in [5, 5.41) is 0. The van der Waals surface area contributed by atoms with Gasteiger partial charge in [-0.1, -0.05) is 23.8 Å². The lowest BCUT2D eigenvalue weighted by molar-refractivity contribution is 0.267. The molecule has 0 bridgehead atoms. The topological polar surface area (TPSA) is 29.3 Å². The second-order valence-electron chi connectivity index (χ2n) is 5.94. The Kier molecular flexibility index (Phi) is 2.90. The fourth-order valence-electron chi connectivity index (χ4n) is 2.91. The summed E-state index contributed by atoms with van der Waals surface area (Å²) in [4.78, 5) is 2.59. The summed E-state index contributed by atoms with van der Waals surface area (Å²) in [6.45, 7) is 5.80. The number of nitrogen functional groups attached to an aromatic ring is 1. The van der Waals surface area contributed by atoms with Crippen LogP contribution in [0, 0.1) is 0 Å². The smallest absolute Gasteiger partial charge is 0.0314 e. The summed E-state index contributed by atoms with van der Waals surface area (Å²) in [6, 6.07) is 8.51. The van der Waals surface area contributed by atoms with Crippen LogP contribution in [0.4, 0.5) is 5.69 Å². The molecule has 2 N–H and O–H groups in total. The Labute approximate surface area is 109 Å². The summed E-state index contributed by atoms with van der Waals surface area (Å²) in [7, 11) is 0. The Hall–Kier alpha value is -1.28. The van der Waals surface area contributed by atoms with Crippen LogP contribution in [-0.4, -0.2) is 24.5 Å². The van der Waals surface area contributed by atoms with Crippen LogP contribution in [0.25, 0.3) is 0 Å². The molecular formula is C16H22N2. The van der Waals surface area contributed by atoms with E-state index in [9.17, 15) is 0 Å². The Balaban J connectivity index is 1.70. The number of benzene rings is 1. The lowest BCUT2D eigenvalue weighted by Gasteiger charge is -2.29. The van der Waals surface area contributed by atoms with Crippen molar-refractivity contribution in [3.05, 3.63) is 41.5 Å². The van der Waals surface area contributed by atoms with E-state index in [1.54, 1.807) is 5.57 Å². The Morgan fingerprint density at radius 1 is 1.22 bits per heavy atom. The minimum absolute atomic E-state index is 0.423. The molecule has 0 atom stereocenters. The SMILES string of the molecule is CC1=CCN(CC2(c3ccc(N)cc3)CC2)CC1. The van der Waals surface area contributed by atoms with Crippen LogP contribution < -0.4 is 5.73 Å². The number of hydrogen-bond acceptors (Lipinski definition) is 2. The molecule has 96 valence electrons. The fourth-order valence-corrected chi connectivity index (χ4v) is 2.91. The van der Waals surface area contributed by atoms with Gasteiger partial charge in [-0.25, -0.2) is 0 Å². The van der Waals surface area contributed by atoms with Gasteiger partial charge < -0.3 is 5.73 Å². The second-order valence-corrected chi connectivity index (χ2v) is 5.94. The first-order valence-corrected chi connectivity index (χ1v) is 6.92. The van der Waals surface area contributed by atoms with Crippen LogP contribution in [0.2, 0.25) is 0 Å². The number of anilines is 1. The van der Waals surface area contributed by atoms with E-state index >= 15 is 0 Å². The summed E-state index contributed by atoms with van der Waals surface area (Å²) < 4.78 is 0.